The van der Waals surface area contributed by atoms with E-state index in [4.69, 9.17) is 0 Å². The first-order valence-corrected chi connectivity index (χ1v) is 7.60. The van der Waals surface area contributed by atoms with E-state index in [9.17, 15) is 4.79 Å². The molecule has 0 saturated carbocycles. The van der Waals surface area contributed by atoms with Gasteiger partial charge in [-0.1, -0.05) is 51.1 Å². The molecule has 0 aliphatic rings. The number of carbonyl (C=O) groups is 1. The first kappa shape index (κ1) is 16.7. The first-order valence-electron chi connectivity index (χ1n) is 7.60. The number of benzene rings is 1. The Kier molecular flexibility index (Phi) is 7.31. The summed E-state index contributed by atoms with van der Waals surface area (Å²) >= 11 is 0. The Morgan fingerprint density at radius 2 is 1.80 bits per heavy atom. The van der Waals surface area contributed by atoms with Crippen LogP contribution in [-0.2, 0) is 4.79 Å². The van der Waals surface area contributed by atoms with E-state index in [1.807, 2.05) is 25.1 Å². The number of carbonyl (C=O) groups excluding carboxylic acids is 1. The number of hydrogen-bond donors (Lipinski definition) is 2. The van der Waals surface area contributed by atoms with Crippen LogP contribution in [-0.4, -0.2) is 18.5 Å². The van der Waals surface area contributed by atoms with Crippen LogP contribution in [0.2, 0.25) is 0 Å². The van der Waals surface area contributed by atoms with Gasteiger partial charge in [-0.3, -0.25) is 4.79 Å². The van der Waals surface area contributed by atoms with Gasteiger partial charge in [0.25, 0.3) is 0 Å². The second kappa shape index (κ2) is 8.75. The molecule has 1 amide bonds. The van der Waals surface area contributed by atoms with Crippen LogP contribution in [0.3, 0.4) is 0 Å². The van der Waals surface area contributed by atoms with Crippen LogP contribution in [0.4, 0.5) is 0 Å². The number of rotatable bonds is 8. The Morgan fingerprint density at radius 1 is 1.15 bits per heavy atom. The zero-order valence-electron chi connectivity index (χ0n) is 13.1. The van der Waals surface area contributed by atoms with Crippen LogP contribution in [0.15, 0.2) is 30.3 Å². The highest BCUT2D eigenvalue weighted by atomic mass is 16.1. The van der Waals surface area contributed by atoms with Gasteiger partial charge >= 0.3 is 0 Å². The molecule has 2 unspecified atom stereocenters. The quantitative estimate of drug-likeness (QED) is 0.765. The van der Waals surface area contributed by atoms with Gasteiger partial charge in [0.15, 0.2) is 0 Å². The molecule has 0 aliphatic heterocycles. The van der Waals surface area contributed by atoms with Gasteiger partial charge in [-0.05, 0) is 31.4 Å². The topological polar surface area (TPSA) is 41.1 Å². The fraction of sp³-hybridized carbons (Fsp3) is 0.588. The predicted octanol–water partition coefficient (Wildman–Crippen LogP) is 3.28. The summed E-state index contributed by atoms with van der Waals surface area (Å²) in [4.78, 5) is 12.1. The molecule has 2 atom stereocenters. The summed E-state index contributed by atoms with van der Waals surface area (Å²) in [7, 11) is 0. The summed E-state index contributed by atoms with van der Waals surface area (Å²) in [5.74, 6) is 0.666. The zero-order chi connectivity index (χ0) is 15.0. The molecule has 3 heteroatoms. The third-order valence-electron chi connectivity index (χ3n) is 3.29. The fourth-order valence-corrected chi connectivity index (χ4v) is 2.39. The van der Waals surface area contributed by atoms with Crippen molar-refractivity contribution in [3.63, 3.8) is 0 Å². The van der Waals surface area contributed by atoms with Crippen LogP contribution in [0, 0.1) is 5.92 Å². The number of amides is 1. The van der Waals surface area contributed by atoms with Gasteiger partial charge in [-0.25, -0.2) is 0 Å². The van der Waals surface area contributed by atoms with Crippen LogP contribution in [0.5, 0.6) is 0 Å². The Balaban J connectivity index is 2.63. The van der Waals surface area contributed by atoms with E-state index in [-0.39, 0.29) is 18.0 Å². The molecule has 0 bridgehead atoms. The molecule has 1 aromatic carbocycles. The van der Waals surface area contributed by atoms with E-state index in [1.165, 1.54) is 5.56 Å². The van der Waals surface area contributed by atoms with E-state index in [0.29, 0.717) is 12.3 Å². The largest absolute Gasteiger partial charge is 0.349 e. The third-order valence-corrected chi connectivity index (χ3v) is 3.29. The zero-order valence-corrected chi connectivity index (χ0v) is 13.1. The molecule has 0 aromatic heterocycles. The summed E-state index contributed by atoms with van der Waals surface area (Å²) in [6, 6.07) is 10.5. The lowest BCUT2D eigenvalue weighted by Crippen LogP contribution is -2.35. The minimum Gasteiger partial charge on any atom is -0.349 e. The van der Waals surface area contributed by atoms with Gasteiger partial charge in [0.05, 0.1) is 6.04 Å². The highest BCUT2D eigenvalue weighted by Gasteiger charge is 2.17. The highest BCUT2D eigenvalue weighted by Crippen LogP contribution is 2.21. The van der Waals surface area contributed by atoms with Crippen molar-refractivity contribution < 1.29 is 4.79 Å². The van der Waals surface area contributed by atoms with Crippen LogP contribution in [0.25, 0.3) is 0 Å². The van der Waals surface area contributed by atoms with E-state index in [0.717, 1.165) is 13.0 Å². The maximum Gasteiger partial charge on any atom is 0.222 e. The second-order valence-corrected chi connectivity index (χ2v) is 5.82. The van der Waals surface area contributed by atoms with Crippen molar-refractivity contribution in [1.29, 1.82) is 0 Å². The lowest BCUT2D eigenvalue weighted by molar-refractivity contribution is -0.122. The molecule has 3 nitrogen and oxygen atoms in total. The van der Waals surface area contributed by atoms with Crippen molar-refractivity contribution >= 4 is 5.91 Å². The summed E-state index contributed by atoms with van der Waals surface area (Å²) in [5.41, 5.74) is 1.19. The molecule has 0 radical (unpaired) electrons. The van der Waals surface area contributed by atoms with Crippen LogP contribution < -0.4 is 10.6 Å². The van der Waals surface area contributed by atoms with Crippen molar-refractivity contribution in [2.24, 2.45) is 5.92 Å². The second-order valence-electron chi connectivity index (χ2n) is 5.82. The van der Waals surface area contributed by atoms with Crippen molar-refractivity contribution in [3.05, 3.63) is 35.9 Å². The molecule has 112 valence electrons. The van der Waals surface area contributed by atoms with E-state index in [1.54, 1.807) is 0 Å². The summed E-state index contributed by atoms with van der Waals surface area (Å²) in [6.07, 6.45) is 1.49. The van der Waals surface area contributed by atoms with Gasteiger partial charge in [0.2, 0.25) is 5.91 Å². The Morgan fingerprint density at radius 3 is 2.35 bits per heavy atom. The summed E-state index contributed by atoms with van der Waals surface area (Å²) in [6.45, 7) is 9.36. The van der Waals surface area contributed by atoms with Gasteiger partial charge in [-0.2, -0.15) is 0 Å². The maximum absolute atomic E-state index is 12.1. The van der Waals surface area contributed by atoms with Crippen molar-refractivity contribution in [1.82, 2.24) is 10.6 Å². The smallest absolute Gasteiger partial charge is 0.222 e. The van der Waals surface area contributed by atoms with Gasteiger partial charge in [-0.15, -0.1) is 0 Å². The van der Waals surface area contributed by atoms with Gasteiger partial charge in [0.1, 0.15) is 0 Å². The monoisotopic (exact) mass is 276 g/mol. The molecule has 0 spiro atoms. The molecule has 0 heterocycles. The first-order chi connectivity index (χ1) is 9.52. The Bertz CT molecular complexity index is 389. The molecule has 0 saturated heterocycles. The van der Waals surface area contributed by atoms with Gasteiger partial charge in [0, 0.05) is 12.5 Å². The third kappa shape index (κ3) is 6.20. The normalized spacial score (nSPS) is 14.1. The standard InChI is InChI=1S/C17H28N2O/c1-5-18-14(4)12-17(20)19-16(11-13(2)3)15-9-7-6-8-10-15/h6-10,13-14,16,18H,5,11-12H2,1-4H3,(H,19,20). The molecule has 0 fully saturated rings. The van der Waals surface area contributed by atoms with Gasteiger partial charge < -0.3 is 10.6 Å². The predicted molar refractivity (Wildman–Crippen MR) is 84.5 cm³/mol. The minimum absolute atomic E-state index is 0.109. The molecular formula is C17H28N2O. The molecular weight excluding hydrogens is 248 g/mol. The van der Waals surface area contributed by atoms with Crippen molar-refractivity contribution in [2.75, 3.05) is 6.54 Å². The van der Waals surface area contributed by atoms with E-state index < -0.39 is 0 Å². The maximum atomic E-state index is 12.1. The number of nitrogens with one attached hydrogen (secondary N) is 2. The van der Waals surface area contributed by atoms with Crippen LogP contribution in [0.1, 0.15) is 52.1 Å². The summed E-state index contributed by atoms with van der Waals surface area (Å²) < 4.78 is 0. The molecule has 1 rings (SSSR count). The van der Waals surface area contributed by atoms with Crippen molar-refractivity contribution in [2.45, 2.75) is 52.6 Å². The molecule has 2 N–H and O–H groups in total. The average molecular weight is 276 g/mol. The molecule has 20 heavy (non-hydrogen) atoms. The molecule has 0 aliphatic carbocycles. The van der Waals surface area contributed by atoms with Crippen LogP contribution >= 0.6 is 0 Å². The fourth-order valence-electron chi connectivity index (χ4n) is 2.39. The average Bonchev–Trinajstić information content (AvgIpc) is 2.38. The Hall–Kier alpha value is -1.35. The Labute approximate surface area is 123 Å². The lowest BCUT2D eigenvalue weighted by Gasteiger charge is -2.22. The van der Waals surface area contributed by atoms with E-state index >= 15 is 0 Å². The summed E-state index contributed by atoms with van der Waals surface area (Å²) in [5, 5.41) is 6.44. The van der Waals surface area contributed by atoms with E-state index in [2.05, 4.69) is 43.5 Å². The number of hydrogen-bond acceptors (Lipinski definition) is 2. The SMILES string of the molecule is CCNC(C)CC(=O)NC(CC(C)C)c1ccccc1. The molecule has 1 aromatic rings. The highest BCUT2D eigenvalue weighted by molar-refractivity contribution is 5.77. The minimum atomic E-state index is 0.109. The lowest BCUT2D eigenvalue weighted by atomic mass is 9.97. The van der Waals surface area contributed by atoms with Crippen molar-refractivity contribution in [3.8, 4) is 0 Å².